The number of hydrogen-bond acceptors (Lipinski definition) is 2. The van der Waals surface area contributed by atoms with E-state index in [1.165, 1.54) is 35.5 Å². The molecule has 1 saturated carbocycles. The van der Waals surface area contributed by atoms with Gasteiger partial charge in [0.05, 0.1) is 0 Å². The van der Waals surface area contributed by atoms with E-state index in [9.17, 15) is 0 Å². The third-order valence-electron chi connectivity index (χ3n) is 3.80. The van der Waals surface area contributed by atoms with Crippen LogP contribution in [0.15, 0.2) is 23.1 Å². The van der Waals surface area contributed by atoms with E-state index in [2.05, 4.69) is 24.4 Å². The summed E-state index contributed by atoms with van der Waals surface area (Å²) in [5, 5.41) is 4.65. The fraction of sp³-hybridized carbons (Fsp3) is 0.571. The van der Waals surface area contributed by atoms with Gasteiger partial charge in [-0.15, -0.1) is 11.8 Å². The third-order valence-corrected chi connectivity index (χ3v) is 5.16. The van der Waals surface area contributed by atoms with Gasteiger partial charge in [-0.2, -0.15) is 0 Å². The van der Waals surface area contributed by atoms with Crippen LogP contribution < -0.4 is 5.32 Å². The van der Waals surface area contributed by atoms with Crippen molar-refractivity contribution in [1.29, 1.82) is 0 Å². The Morgan fingerprint density at radius 2 is 2.18 bits per heavy atom. The maximum atomic E-state index is 6.12. The zero-order chi connectivity index (χ0) is 11.8. The number of rotatable bonds is 3. The second kappa shape index (κ2) is 4.83. The molecule has 1 aromatic carbocycles. The third kappa shape index (κ3) is 2.64. The van der Waals surface area contributed by atoms with Crippen LogP contribution in [0.1, 0.15) is 37.8 Å². The average Bonchev–Trinajstić information content (AvgIpc) is 3.13. The van der Waals surface area contributed by atoms with Crippen LogP contribution in [0, 0.1) is 5.92 Å². The lowest BCUT2D eigenvalue weighted by Gasteiger charge is -2.29. The van der Waals surface area contributed by atoms with Crippen LogP contribution in [0.4, 0.5) is 0 Å². The van der Waals surface area contributed by atoms with E-state index in [0.717, 1.165) is 10.9 Å². The molecule has 1 aliphatic heterocycles. The smallest absolute Gasteiger partial charge is 0.0410 e. The molecule has 3 heteroatoms. The Morgan fingerprint density at radius 1 is 1.35 bits per heavy atom. The van der Waals surface area contributed by atoms with E-state index in [1.807, 2.05) is 17.8 Å². The Morgan fingerprint density at radius 3 is 2.94 bits per heavy atom. The standard InChI is InChI=1S/C14H18ClNS/c1-9(10-2-3-10)16-13-6-7-17-14-5-4-11(15)8-12(13)14/h4-5,8-10,13,16H,2-3,6-7H2,1H3. The normalized spacial score (nSPS) is 25.4. The first-order valence-electron chi connectivity index (χ1n) is 6.42. The molecular weight excluding hydrogens is 250 g/mol. The number of hydrogen-bond donors (Lipinski definition) is 1. The Kier molecular flexibility index (Phi) is 3.38. The van der Waals surface area contributed by atoms with Crippen molar-refractivity contribution < 1.29 is 0 Å². The van der Waals surface area contributed by atoms with E-state index in [0.29, 0.717) is 12.1 Å². The summed E-state index contributed by atoms with van der Waals surface area (Å²) in [5.74, 6) is 2.12. The molecule has 1 aromatic rings. The Labute approximate surface area is 112 Å². The largest absolute Gasteiger partial charge is 0.307 e. The SMILES string of the molecule is CC(NC1CCSc2ccc(Cl)cc21)C1CC1. The number of nitrogens with one attached hydrogen (secondary N) is 1. The van der Waals surface area contributed by atoms with Gasteiger partial charge >= 0.3 is 0 Å². The summed E-state index contributed by atoms with van der Waals surface area (Å²) in [7, 11) is 0. The predicted octanol–water partition coefficient (Wildman–Crippen LogP) is 4.27. The molecule has 1 aliphatic carbocycles. The maximum Gasteiger partial charge on any atom is 0.0410 e. The van der Waals surface area contributed by atoms with Crippen LogP contribution in [-0.4, -0.2) is 11.8 Å². The second-order valence-electron chi connectivity index (χ2n) is 5.16. The van der Waals surface area contributed by atoms with Crippen LogP contribution in [-0.2, 0) is 0 Å². The molecule has 1 fully saturated rings. The molecule has 0 amide bonds. The lowest BCUT2D eigenvalue weighted by atomic mass is 10.0. The molecule has 2 aliphatic rings. The van der Waals surface area contributed by atoms with Crippen LogP contribution in [0.25, 0.3) is 0 Å². The van der Waals surface area contributed by atoms with E-state index in [-0.39, 0.29) is 0 Å². The highest BCUT2D eigenvalue weighted by molar-refractivity contribution is 7.99. The molecule has 0 spiro atoms. The molecule has 3 rings (SSSR count). The van der Waals surface area contributed by atoms with Gasteiger partial charge in [-0.05, 0) is 61.6 Å². The minimum absolute atomic E-state index is 0.501. The van der Waals surface area contributed by atoms with E-state index in [4.69, 9.17) is 11.6 Å². The van der Waals surface area contributed by atoms with Gasteiger partial charge in [0.1, 0.15) is 0 Å². The molecule has 0 aromatic heterocycles. The van der Waals surface area contributed by atoms with Crippen molar-refractivity contribution in [3.05, 3.63) is 28.8 Å². The van der Waals surface area contributed by atoms with E-state index >= 15 is 0 Å². The first-order valence-corrected chi connectivity index (χ1v) is 7.78. The topological polar surface area (TPSA) is 12.0 Å². The summed E-state index contributed by atoms with van der Waals surface area (Å²) in [6.45, 7) is 2.32. The van der Waals surface area contributed by atoms with Gasteiger partial charge in [0.25, 0.3) is 0 Å². The lowest BCUT2D eigenvalue weighted by molar-refractivity contribution is 0.410. The quantitative estimate of drug-likeness (QED) is 0.878. The molecule has 0 bridgehead atoms. The van der Waals surface area contributed by atoms with Gasteiger partial charge in [-0.25, -0.2) is 0 Å². The summed E-state index contributed by atoms with van der Waals surface area (Å²) < 4.78 is 0. The fourth-order valence-corrected chi connectivity index (χ4v) is 3.87. The highest BCUT2D eigenvalue weighted by Crippen LogP contribution is 2.39. The first-order chi connectivity index (χ1) is 8.24. The zero-order valence-corrected chi connectivity index (χ0v) is 11.7. The summed E-state index contributed by atoms with van der Waals surface area (Å²) in [6.07, 6.45) is 4.02. The lowest BCUT2D eigenvalue weighted by Crippen LogP contribution is -2.33. The van der Waals surface area contributed by atoms with Crippen molar-refractivity contribution in [3.8, 4) is 0 Å². The minimum Gasteiger partial charge on any atom is -0.307 e. The Balaban J connectivity index is 1.80. The van der Waals surface area contributed by atoms with Crippen LogP contribution >= 0.6 is 23.4 Å². The molecular formula is C14H18ClNS. The number of thioether (sulfide) groups is 1. The number of halogens is 1. The van der Waals surface area contributed by atoms with Crippen molar-refractivity contribution in [2.24, 2.45) is 5.92 Å². The van der Waals surface area contributed by atoms with Crippen LogP contribution in [0.5, 0.6) is 0 Å². The highest BCUT2D eigenvalue weighted by Gasteiger charge is 2.31. The minimum atomic E-state index is 0.501. The monoisotopic (exact) mass is 267 g/mol. The van der Waals surface area contributed by atoms with Gasteiger partial charge in [-0.3, -0.25) is 0 Å². The van der Waals surface area contributed by atoms with Gasteiger partial charge in [0.15, 0.2) is 0 Å². The molecule has 2 atom stereocenters. The Hall–Kier alpha value is -0.180. The number of fused-ring (bicyclic) bond motifs is 1. The first kappa shape index (κ1) is 11.9. The average molecular weight is 268 g/mol. The van der Waals surface area contributed by atoms with Gasteiger partial charge < -0.3 is 5.32 Å². The molecule has 92 valence electrons. The molecule has 1 heterocycles. The highest BCUT2D eigenvalue weighted by atomic mass is 35.5. The summed E-state index contributed by atoms with van der Waals surface area (Å²) in [6, 6.07) is 7.45. The fourth-order valence-electron chi connectivity index (χ4n) is 2.59. The molecule has 17 heavy (non-hydrogen) atoms. The van der Waals surface area contributed by atoms with Gasteiger partial charge in [0.2, 0.25) is 0 Å². The molecule has 2 unspecified atom stereocenters. The van der Waals surface area contributed by atoms with E-state index < -0.39 is 0 Å². The van der Waals surface area contributed by atoms with Crippen molar-refractivity contribution >= 4 is 23.4 Å². The van der Waals surface area contributed by atoms with Crippen molar-refractivity contribution in [1.82, 2.24) is 5.32 Å². The summed E-state index contributed by atoms with van der Waals surface area (Å²) in [5.41, 5.74) is 1.40. The predicted molar refractivity (Wildman–Crippen MR) is 74.9 cm³/mol. The number of benzene rings is 1. The molecule has 0 saturated heterocycles. The van der Waals surface area contributed by atoms with Gasteiger partial charge in [0, 0.05) is 22.0 Å². The van der Waals surface area contributed by atoms with Crippen molar-refractivity contribution in [2.75, 3.05) is 5.75 Å². The zero-order valence-electron chi connectivity index (χ0n) is 10.1. The molecule has 0 radical (unpaired) electrons. The Bertz CT molecular complexity index is 417. The molecule has 1 nitrogen and oxygen atoms in total. The maximum absolute atomic E-state index is 6.12. The van der Waals surface area contributed by atoms with E-state index in [1.54, 1.807) is 0 Å². The summed E-state index contributed by atoms with van der Waals surface area (Å²) >= 11 is 8.07. The van der Waals surface area contributed by atoms with Gasteiger partial charge in [-0.1, -0.05) is 11.6 Å². The summed E-state index contributed by atoms with van der Waals surface area (Å²) in [4.78, 5) is 1.40. The van der Waals surface area contributed by atoms with Crippen molar-refractivity contribution in [3.63, 3.8) is 0 Å². The second-order valence-corrected chi connectivity index (χ2v) is 6.74. The molecule has 1 N–H and O–H groups in total. The van der Waals surface area contributed by atoms with Crippen LogP contribution in [0.2, 0.25) is 5.02 Å². The van der Waals surface area contributed by atoms with Crippen molar-refractivity contribution in [2.45, 2.75) is 43.2 Å². The van der Waals surface area contributed by atoms with Crippen LogP contribution in [0.3, 0.4) is 0 Å².